The summed E-state index contributed by atoms with van der Waals surface area (Å²) in [5.74, 6) is 0. The first kappa shape index (κ1) is 10.6. The predicted molar refractivity (Wildman–Crippen MR) is 54.3 cm³/mol. The summed E-state index contributed by atoms with van der Waals surface area (Å²) in [6, 6.07) is 0. The van der Waals surface area contributed by atoms with Gasteiger partial charge in [0, 0.05) is 0 Å². The van der Waals surface area contributed by atoms with Crippen molar-refractivity contribution < 1.29 is 0 Å². The van der Waals surface area contributed by atoms with Gasteiger partial charge in [0.25, 0.3) is 0 Å². The Morgan fingerprint density at radius 2 is 1.82 bits per heavy atom. The Morgan fingerprint density at radius 3 is 2.09 bits per heavy atom. The van der Waals surface area contributed by atoms with Crippen molar-refractivity contribution in [2.75, 3.05) is 0 Å². The smallest absolute Gasteiger partial charge is 0.136 e. The molecule has 0 saturated carbocycles. The van der Waals surface area contributed by atoms with Crippen molar-refractivity contribution in [3.63, 3.8) is 0 Å². The van der Waals surface area contributed by atoms with Crippen molar-refractivity contribution >= 4 is 6.71 Å². The molecule has 0 aliphatic rings. The van der Waals surface area contributed by atoms with Gasteiger partial charge in [-0.1, -0.05) is 38.9 Å². The minimum Gasteiger partial charge on any atom is -0.136 e. The standard InChI is InChI=1S/C10H19B/c1-5-9-10(6-2)11(7-3)8-4/h5H,6-8H2,1-4H3. The van der Waals surface area contributed by atoms with E-state index in [-0.39, 0.29) is 0 Å². The van der Waals surface area contributed by atoms with Crippen LogP contribution in [0.5, 0.6) is 0 Å². The Hall–Kier alpha value is -0.415. The first-order chi connectivity index (χ1) is 5.29. The average molecular weight is 150 g/mol. The van der Waals surface area contributed by atoms with Crippen LogP contribution in [0, 0.1) is 0 Å². The molecule has 0 radical (unpaired) electrons. The lowest BCUT2D eigenvalue weighted by molar-refractivity contribution is 1.15. The fourth-order valence-corrected chi connectivity index (χ4v) is 1.48. The van der Waals surface area contributed by atoms with E-state index in [0.29, 0.717) is 0 Å². The molecule has 0 amide bonds. The minimum absolute atomic E-state index is 0.760. The van der Waals surface area contributed by atoms with E-state index in [4.69, 9.17) is 0 Å². The Morgan fingerprint density at radius 1 is 1.27 bits per heavy atom. The number of hydrogen-bond acceptors (Lipinski definition) is 0. The molecular weight excluding hydrogens is 131 g/mol. The molecule has 0 aromatic heterocycles. The van der Waals surface area contributed by atoms with E-state index in [1.165, 1.54) is 18.1 Å². The third kappa shape index (κ3) is 3.48. The molecular formula is C10H19B. The zero-order valence-corrected chi connectivity index (χ0v) is 8.28. The van der Waals surface area contributed by atoms with Crippen LogP contribution in [0.25, 0.3) is 0 Å². The second-order valence-corrected chi connectivity index (χ2v) is 2.83. The molecule has 0 heterocycles. The van der Waals surface area contributed by atoms with E-state index in [1.54, 1.807) is 0 Å². The summed E-state index contributed by atoms with van der Waals surface area (Å²) in [5, 5.41) is 0. The van der Waals surface area contributed by atoms with Crippen LogP contribution in [0.1, 0.15) is 34.1 Å². The zero-order valence-electron chi connectivity index (χ0n) is 8.28. The number of rotatable bonds is 4. The third-order valence-corrected chi connectivity index (χ3v) is 2.19. The van der Waals surface area contributed by atoms with Crippen LogP contribution in [0.4, 0.5) is 0 Å². The SMILES string of the molecule is CC=C=C(CC)B(CC)CC. The first-order valence-corrected chi connectivity index (χ1v) is 4.70. The highest BCUT2D eigenvalue weighted by molar-refractivity contribution is 6.66. The van der Waals surface area contributed by atoms with Gasteiger partial charge in [0.1, 0.15) is 0 Å². The second-order valence-electron chi connectivity index (χ2n) is 2.83. The summed E-state index contributed by atoms with van der Waals surface area (Å²) in [7, 11) is 0. The van der Waals surface area contributed by atoms with Gasteiger partial charge in [0.15, 0.2) is 6.71 Å². The highest BCUT2D eigenvalue weighted by atomic mass is 13.8. The van der Waals surface area contributed by atoms with Crippen LogP contribution in [0.3, 0.4) is 0 Å². The Kier molecular flexibility index (Phi) is 6.07. The van der Waals surface area contributed by atoms with Crippen LogP contribution in [-0.2, 0) is 0 Å². The Balaban J connectivity index is 4.34. The molecule has 0 aliphatic heterocycles. The van der Waals surface area contributed by atoms with Gasteiger partial charge < -0.3 is 0 Å². The predicted octanol–water partition coefficient (Wildman–Crippen LogP) is 3.57. The lowest BCUT2D eigenvalue weighted by Crippen LogP contribution is -2.12. The molecule has 0 N–H and O–H groups in total. The lowest BCUT2D eigenvalue weighted by atomic mass is 9.40. The monoisotopic (exact) mass is 150 g/mol. The molecule has 0 aromatic rings. The highest BCUT2D eigenvalue weighted by Crippen LogP contribution is 2.11. The molecule has 0 rings (SSSR count). The molecule has 0 spiro atoms. The highest BCUT2D eigenvalue weighted by Gasteiger charge is 2.11. The molecule has 62 valence electrons. The van der Waals surface area contributed by atoms with E-state index < -0.39 is 0 Å². The Labute approximate surface area is 71.5 Å². The van der Waals surface area contributed by atoms with Gasteiger partial charge >= 0.3 is 0 Å². The lowest BCUT2D eigenvalue weighted by Gasteiger charge is -2.08. The second kappa shape index (κ2) is 6.31. The van der Waals surface area contributed by atoms with E-state index in [1.807, 2.05) is 13.0 Å². The third-order valence-electron chi connectivity index (χ3n) is 2.19. The van der Waals surface area contributed by atoms with Gasteiger partial charge in [-0.05, 0) is 19.4 Å². The van der Waals surface area contributed by atoms with Crippen molar-refractivity contribution in [2.45, 2.75) is 46.8 Å². The van der Waals surface area contributed by atoms with E-state index in [9.17, 15) is 0 Å². The largest absolute Gasteiger partial charge is 0.180 e. The van der Waals surface area contributed by atoms with Crippen LogP contribution in [0.15, 0.2) is 17.3 Å². The summed E-state index contributed by atoms with van der Waals surface area (Å²) >= 11 is 0. The maximum absolute atomic E-state index is 3.33. The molecule has 0 aromatic carbocycles. The maximum atomic E-state index is 3.33. The minimum atomic E-state index is 0.760. The number of hydrogen-bond donors (Lipinski definition) is 0. The van der Waals surface area contributed by atoms with Crippen LogP contribution in [0.2, 0.25) is 12.6 Å². The van der Waals surface area contributed by atoms with Gasteiger partial charge in [-0.3, -0.25) is 0 Å². The van der Waals surface area contributed by atoms with Gasteiger partial charge in [-0.25, -0.2) is 0 Å². The average Bonchev–Trinajstić information content (AvgIpc) is 2.05. The van der Waals surface area contributed by atoms with Crippen molar-refractivity contribution in [3.8, 4) is 0 Å². The molecule has 0 atom stereocenters. The summed E-state index contributed by atoms with van der Waals surface area (Å²) < 4.78 is 0. The van der Waals surface area contributed by atoms with Gasteiger partial charge in [-0.2, -0.15) is 0 Å². The molecule has 1 heteroatoms. The van der Waals surface area contributed by atoms with E-state index in [0.717, 1.165) is 13.1 Å². The van der Waals surface area contributed by atoms with E-state index in [2.05, 4.69) is 26.5 Å². The van der Waals surface area contributed by atoms with Crippen molar-refractivity contribution in [1.82, 2.24) is 0 Å². The quantitative estimate of drug-likeness (QED) is 0.424. The molecule has 0 unspecified atom stereocenters. The normalized spacial score (nSPS) is 8.73. The van der Waals surface area contributed by atoms with Crippen molar-refractivity contribution in [1.29, 1.82) is 0 Å². The summed E-state index contributed by atoms with van der Waals surface area (Å²) in [6.07, 6.45) is 5.68. The van der Waals surface area contributed by atoms with Gasteiger partial charge in [0.2, 0.25) is 0 Å². The fraction of sp³-hybridized carbons (Fsp3) is 0.700. The molecule has 0 bridgehead atoms. The van der Waals surface area contributed by atoms with Crippen molar-refractivity contribution in [3.05, 3.63) is 17.3 Å². The zero-order chi connectivity index (χ0) is 8.69. The van der Waals surface area contributed by atoms with E-state index >= 15 is 0 Å². The topological polar surface area (TPSA) is 0 Å². The molecule has 11 heavy (non-hydrogen) atoms. The molecule has 0 nitrogen and oxygen atoms in total. The van der Waals surface area contributed by atoms with Crippen LogP contribution >= 0.6 is 0 Å². The van der Waals surface area contributed by atoms with Gasteiger partial charge in [-0.15, -0.1) is 5.73 Å². The summed E-state index contributed by atoms with van der Waals surface area (Å²) in [4.78, 5) is 0. The van der Waals surface area contributed by atoms with Crippen molar-refractivity contribution in [2.24, 2.45) is 0 Å². The van der Waals surface area contributed by atoms with Crippen LogP contribution < -0.4 is 0 Å². The maximum Gasteiger partial charge on any atom is 0.180 e. The summed E-state index contributed by atoms with van der Waals surface area (Å²) in [6.45, 7) is 9.51. The first-order valence-electron chi connectivity index (χ1n) is 4.70. The summed E-state index contributed by atoms with van der Waals surface area (Å²) in [5.41, 5.74) is 4.81. The Bertz CT molecular complexity index is 148. The van der Waals surface area contributed by atoms with Crippen LogP contribution in [-0.4, -0.2) is 6.71 Å². The molecule has 0 saturated heterocycles. The number of allylic oxidation sites excluding steroid dienone is 1. The fourth-order valence-electron chi connectivity index (χ4n) is 1.48. The molecule has 0 fully saturated rings. The molecule has 0 aliphatic carbocycles. The van der Waals surface area contributed by atoms with Gasteiger partial charge in [0.05, 0.1) is 0 Å².